The quantitative estimate of drug-likeness (QED) is 0.0892. The Morgan fingerprint density at radius 3 is 2.20 bits per heavy atom. The van der Waals surface area contributed by atoms with Crippen molar-refractivity contribution in [3.63, 3.8) is 0 Å². The first kappa shape index (κ1) is 52.4. The molecule has 1 saturated heterocycles. The van der Waals surface area contributed by atoms with E-state index in [1.165, 1.54) is 49.6 Å². The van der Waals surface area contributed by atoms with Gasteiger partial charge in [0.1, 0.15) is 23.8 Å². The number of hydrogen-bond donors (Lipinski definition) is 8. The minimum atomic E-state index is -1.82. The van der Waals surface area contributed by atoms with Gasteiger partial charge in [-0.3, -0.25) is 38.5 Å². The Hall–Kier alpha value is -6.22. The minimum Gasteiger partial charge on any atom is -0.382 e. The lowest BCUT2D eigenvalue weighted by Crippen LogP contribution is -2.61. The fourth-order valence-electron chi connectivity index (χ4n) is 8.04. The number of rotatable bonds is 20. The van der Waals surface area contributed by atoms with E-state index >= 15 is 0 Å². The third-order valence-electron chi connectivity index (χ3n) is 11.6. The van der Waals surface area contributed by atoms with E-state index in [1.54, 1.807) is 58.0 Å². The second-order valence-electron chi connectivity index (χ2n) is 18.0. The molecule has 2 aliphatic rings. The lowest BCUT2D eigenvalue weighted by atomic mass is 9.82. The van der Waals surface area contributed by atoms with Gasteiger partial charge in [-0.2, -0.15) is 0 Å². The highest BCUT2D eigenvalue weighted by Gasteiger charge is 2.45. The number of likely N-dealkylation sites (N-methyl/N-ethyl adjacent to an activating group) is 1. The third kappa shape index (κ3) is 15.2. The van der Waals surface area contributed by atoms with E-state index in [0.717, 1.165) is 19.3 Å². The van der Waals surface area contributed by atoms with Crippen LogP contribution in [0.15, 0.2) is 48.9 Å². The number of nitrogens with one attached hydrogen (secondary N) is 7. The van der Waals surface area contributed by atoms with E-state index in [4.69, 9.17) is 4.74 Å². The molecule has 1 aliphatic heterocycles. The summed E-state index contributed by atoms with van der Waals surface area (Å²) < 4.78 is 5.04. The van der Waals surface area contributed by atoms with Gasteiger partial charge in [0.25, 0.3) is 11.8 Å². The number of aliphatic hydroxyl groups is 1. The van der Waals surface area contributed by atoms with Crippen molar-refractivity contribution >= 4 is 53.1 Å². The Balaban J connectivity index is 1.53. The number of hydrogen-bond acceptors (Lipinski definition) is 12. The molecule has 7 atom stereocenters. The molecule has 1 aliphatic carbocycles. The van der Waals surface area contributed by atoms with Gasteiger partial charge in [0.05, 0.1) is 37.4 Å². The van der Waals surface area contributed by atoms with Crippen molar-refractivity contribution in [3.05, 3.63) is 54.6 Å². The molecule has 362 valence electrons. The highest BCUT2D eigenvalue weighted by Crippen LogP contribution is 2.28. The van der Waals surface area contributed by atoms with Crippen LogP contribution in [0.2, 0.25) is 0 Å². The van der Waals surface area contributed by atoms with Crippen molar-refractivity contribution < 1.29 is 48.2 Å². The first-order valence-electron chi connectivity index (χ1n) is 22.4. The number of aliphatic hydroxyl groups excluding tert-OH is 1. The number of amides is 9. The van der Waals surface area contributed by atoms with Gasteiger partial charge in [-0.15, -0.1) is 0 Å². The maximum absolute atomic E-state index is 14.4. The Morgan fingerprint density at radius 1 is 0.894 bits per heavy atom. The van der Waals surface area contributed by atoms with Crippen molar-refractivity contribution in [3.8, 4) is 0 Å². The van der Waals surface area contributed by atoms with Gasteiger partial charge in [-0.1, -0.05) is 71.6 Å². The van der Waals surface area contributed by atoms with E-state index in [-0.39, 0.29) is 37.7 Å². The largest absolute Gasteiger partial charge is 0.382 e. The summed E-state index contributed by atoms with van der Waals surface area (Å²) in [6.45, 7) is 6.06. The molecule has 9 amide bonds. The van der Waals surface area contributed by atoms with E-state index in [0.29, 0.717) is 24.9 Å². The fourth-order valence-corrected chi connectivity index (χ4v) is 8.04. The van der Waals surface area contributed by atoms with Gasteiger partial charge in [0.15, 0.2) is 6.10 Å². The summed E-state index contributed by atoms with van der Waals surface area (Å²) in [4.78, 5) is 119. The normalized spacial score (nSPS) is 18.6. The molecule has 0 bridgehead atoms. The van der Waals surface area contributed by atoms with Crippen molar-refractivity contribution in [1.82, 2.24) is 51.7 Å². The highest BCUT2D eigenvalue weighted by molar-refractivity contribution is 5.98. The molecule has 1 aromatic heterocycles. The number of anilines is 1. The molecule has 21 nitrogen and oxygen atoms in total. The number of aromatic nitrogens is 2. The van der Waals surface area contributed by atoms with Crippen LogP contribution in [0.1, 0.15) is 83.1 Å². The molecule has 1 aromatic carbocycles. The van der Waals surface area contributed by atoms with E-state index in [2.05, 4.69) is 47.2 Å². The van der Waals surface area contributed by atoms with Gasteiger partial charge in [-0.25, -0.2) is 9.78 Å². The molecule has 4 rings (SSSR count). The summed E-state index contributed by atoms with van der Waals surface area (Å²) >= 11 is 0. The number of nitrogens with zero attached hydrogens (tertiary/aromatic N) is 4. The Bertz CT molecular complexity index is 1980. The van der Waals surface area contributed by atoms with Gasteiger partial charge >= 0.3 is 6.03 Å². The van der Waals surface area contributed by atoms with Gasteiger partial charge in [-0.05, 0) is 42.7 Å². The second kappa shape index (κ2) is 24.9. The summed E-state index contributed by atoms with van der Waals surface area (Å²) in [7, 11) is 4.39. The first-order chi connectivity index (χ1) is 31.3. The zero-order valence-corrected chi connectivity index (χ0v) is 38.9. The van der Waals surface area contributed by atoms with E-state index < -0.39 is 102 Å². The second-order valence-corrected chi connectivity index (χ2v) is 18.0. The molecule has 2 aromatic rings. The van der Waals surface area contributed by atoms with Crippen LogP contribution in [0.25, 0.3) is 0 Å². The zero-order valence-electron chi connectivity index (χ0n) is 38.9. The number of para-hydroxylation sites is 1. The summed E-state index contributed by atoms with van der Waals surface area (Å²) in [5.74, 6) is -5.89. The van der Waals surface area contributed by atoms with Crippen LogP contribution in [0.4, 0.5) is 10.5 Å². The van der Waals surface area contributed by atoms with Gasteiger partial charge < -0.3 is 56.9 Å². The number of ether oxygens (including phenoxy) is 1. The molecule has 21 heteroatoms. The number of carbonyl (C=O) groups excluding carboxylic acids is 8. The maximum Gasteiger partial charge on any atom is 0.321 e. The molecule has 66 heavy (non-hydrogen) atoms. The Morgan fingerprint density at radius 2 is 1.59 bits per heavy atom. The lowest BCUT2D eigenvalue weighted by Gasteiger charge is -2.35. The van der Waals surface area contributed by atoms with E-state index in [9.17, 15) is 43.5 Å². The maximum atomic E-state index is 14.4. The van der Waals surface area contributed by atoms with Crippen LogP contribution in [-0.4, -0.2) is 156 Å². The molecule has 8 N–H and O–H groups in total. The Kier molecular flexibility index (Phi) is 19.8. The van der Waals surface area contributed by atoms with Gasteiger partial charge in [0.2, 0.25) is 29.5 Å². The monoisotopic (exact) mass is 922 g/mol. The predicted molar refractivity (Wildman–Crippen MR) is 242 cm³/mol. The molecule has 1 saturated carbocycles. The van der Waals surface area contributed by atoms with Crippen LogP contribution in [0.3, 0.4) is 0 Å². The molecular weight excluding hydrogens is 855 g/mol. The van der Waals surface area contributed by atoms with Crippen LogP contribution in [0.5, 0.6) is 0 Å². The van der Waals surface area contributed by atoms with Crippen LogP contribution in [-0.2, 0) is 33.5 Å². The summed E-state index contributed by atoms with van der Waals surface area (Å²) in [5, 5.41) is 30.2. The number of urea groups is 1. The topological polar surface area (TPSA) is 282 Å². The zero-order chi connectivity index (χ0) is 48.6. The molecule has 0 spiro atoms. The van der Waals surface area contributed by atoms with E-state index in [1.807, 2.05) is 0 Å². The van der Waals surface area contributed by atoms with Gasteiger partial charge in [0, 0.05) is 52.4 Å². The fraction of sp³-hybridized carbons (Fsp3) is 0.600. The Labute approximate surface area is 385 Å². The van der Waals surface area contributed by atoms with Crippen molar-refractivity contribution in [2.45, 2.75) is 109 Å². The van der Waals surface area contributed by atoms with Crippen molar-refractivity contribution in [2.75, 3.05) is 52.8 Å². The lowest BCUT2D eigenvalue weighted by molar-refractivity contribution is -0.137. The number of carbonyl (C=O) groups is 8. The van der Waals surface area contributed by atoms with Crippen LogP contribution < -0.4 is 37.2 Å². The molecule has 1 unspecified atom stereocenters. The SMILES string of the molecule is CCC[C@H](NC(=O)[C@@H]1CN(C(=O)Nc2ccccc2)C[C@@H]1NC(=O)[C@@H](NC(=O)[C@@H](NC(=O)c1cnccn1)C1CCCCC1)C(C)(C)C)C(O)C(=O)NCC(=O)N[C@@H](COC)C(=O)N(C)C. The summed E-state index contributed by atoms with van der Waals surface area (Å²) in [6, 6.07) is 2.76. The average Bonchev–Trinajstić information content (AvgIpc) is 3.72. The predicted octanol–water partition coefficient (Wildman–Crippen LogP) is 0.316. The van der Waals surface area contributed by atoms with Crippen molar-refractivity contribution in [1.29, 1.82) is 0 Å². The first-order valence-corrected chi connectivity index (χ1v) is 22.4. The number of methoxy groups -OCH3 is 1. The highest BCUT2D eigenvalue weighted by atomic mass is 16.5. The number of benzene rings is 1. The standard InChI is InChI=1S/C45H67N11O10/c1-8-15-30(36(58)41(62)48-23-34(57)50-33(26-66-7)43(64)55(5)6)51-38(59)29-24-56(44(65)49-28-18-13-10-14-19-28)25-32(29)52-42(63)37(45(2,3)4)54-40(61)35(27-16-11-9-12-17-27)53-39(60)31-22-46-20-21-47-31/h10,13-14,18-22,27,29-30,32-33,35-37,58H,8-9,11-12,15-17,23-26H2,1-7H3,(H,48,62)(H,49,65)(H,50,57)(H,51,59)(H,52,63)(H,53,60)(H,54,61)/t29-,30+,32+,33+,35+,36?,37-/m1/s1. The summed E-state index contributed by atoms with van der Waals surface area (Å²) in [5.41, 5.74) is -0.361. The smallest absolute Gasteiger partial charge is 0.321 e. The molecule has 2 heterocycles. The third-order valence-corrected chi connectivity index (χ3v) is 11.6. The molecular formula is C45H67N11O10. The number of likely N-dealkylation sites (tertiary alicyclic amines) is 1. The summed E-state index contributed by atoms with van der Waals surface area (Å²) in [6.07, 6.45) is 6.94. The molecule has 0 radical (unpaired) electrons. The van der Waals surface area contributed by atoms with Crippen LogP contribution in [0, 0.1) is 17.3 Å². The average molecular weight is 922 g/mol. The molecule has 2 fully saturated rings. The van der Waals surface area contributed by atoms with Crippen LogP contribution >= 0.6 is 0 Å². The van der Waals surface area contributed by atoms with Crippen molar-refractivity contribution in [2.24, 2.45) is 17.3 Å². The minimum absolute atomic E-state index is 0.0330.